The molecule has 0 N–H and O–H groups in total. The molecule has 1 amide bonds. The Labute approximate surface area is 187 Å². The normalized spacial score (nSPS) is 13.8. The molecule has 0 aliphatic carbocycles. The average molecular weight is 459 g/mol. The summed E-state index contributed by atoms with van der Waals surface area (Å²) in [4.78, 5) is 31.7. The largest absolute Gasteiger partial charge is 0.487 e. The fourth-order valence-corrected chi connectivity index (χ4v) is 4.14. The highest BCUT2D eigenvalue weighted by molar-refractivity contribution is 7.07. The van der Waals surface area contributed by atoms with Gasteiger partial charge in [-0.1, -0.05) is 17.7 Å². The summed E-state index contributed by atoms with van der Waals surface area (Å²) in [5, 5.41) is 13.6. The van der Waals surface area contributed by atoms with E-state index in [1.54, 1.807) is 46.8 Å². The molecule has 0 unspecified atom stereocenters. The van der Waals surface area contributed by atoms with Gasteiger partial charge in [0.15, 0.2) is 0 Å². The summed E-state index contributed by atoms with van der Waals surface area (Å²) in [5.74, 6) is 0.513. The average Bonchev–Trinajstić information content (AvgIpc) is 3.31. The molecule has 3 aromatic rings. The first kappa shape index (κ1) is 21.1. The van der Waals surface area contributed by atoms with E-state index >= 15 is 0 Å². The molecule has 0 radical (unpaired) electrons. The number of nitro groups is 1. The maximum absolute atomic E-state index is 13.0. The number of amides is 1. The first-order valence-corrected chi connectivity index (χ1v) is 10.9. The van der Waals surface area contributed by atoms with Gasteiger partial charge in [0, 0.05) is 48.2 Å². The van der Waals surface area contributed by atoms with Gasteiger partial charge in [0.25, 0.3) is 11.6 Å². The zero-order valence-corrected chi connectivity index (χ0v) is 18.0. The summed E-state index contributed by atoms with van der Waals surface area (Å²) in [6.07, 6.45) is 0. The van der Waals surface area contributed by atoms with E-state index in [4.69, 9.17) is 16.3 Å². The summed E-state index contributed by atoms with van der Waals surface area (Å²) in [7, 11) is 0. The Balaban J connectivity index is 1.40. The summed E-state index contributed by atoms with van der Waals surface area (Å²) in [6.45, 7) is 2.26. The van der Waals surface area contributed by atoms with Crippen molar-refractivity contribution in [2.24, 2.45) is 0 Å². The third-order valence-corrected chi connectivity index (χ3v) is 5.86. The van der Waals surface area contributed by atoms with Gasteiger partial charge in [-0.3, -0.25) is 14.9 Å². The predicted molar refractivity (Wildman–Crippen MR) is 119 cm³/mol. The Morgan fingerprint density at radius 3 is 2.71 bits per heavy atom. The van der Waals surface area contributed by atoms with E-state index in [2.05, 4.69) is 4.98 Å². The third kappa shape index (κ3) is 4.95. The Bertz CT molecular complexity index is 1080. The molecule has 0 atom stereocenters. The first-order chi connectivity index (χ1) is 15.0. The van der Waals surface area contributed by atoms with Crippen molar-refractivity contribution in [2.75, 3.05) is 31.1 Å². The lowest BCUT2D eigenvalue weighted by atomic mass is 10.1. The number of aromatic nitrogens is 1. The van der Waals surface area contributed by atoms with Crippen LogP contribution in [0.1, 0.15) is 16.1 Å². The summed E-state index contributed by atoms with van der Waals surface area (Å²) >= 11 is 7.41. The Hall–Kier alpha value is -3.17. The van der Waals surface area contributed by atoms with Crippen molar-refractivity contribution in [3.63, 3.8) is 0 Å². The first-order valence-electron chi connectivity index (χ1n) is 9.59. The highest BCUT2D eigenvalue weighted by Gasteiger charge is 2.26. The quantitative estimate of drug-likeness (QED) is 0.405. The van der Waals surface area contributed by atoms with Crippen molar-refractivity contribution in [1.29, 1.82) is 0 Å². The predicted octanol–water partition coefficient (Wildman–Crippen LogP) is 4.25. The molecular formula is C21H19ClN4O4S. The van der Waals surface area contributed by atoms with Crippen LogP contribution in [0.5, 0.6) is 5.75 Å². The number of nitrogens with zero attached hydrogens (tertiary/aromatic N) is 4. The van der Waals surface area contributed by atoms with E-state index in [9.17, 15) is 14.9 Å². The molecule has 4 rings (SSSR count). The summed E-state index contributed by atoms with van der Waals surface area (Å²) in [6, 6.07) is 11.7. The van der Waals surface area contributed by atoms with Gasteiger partial charge in [-0.25, -0.2) is 4.98 Å². The number of hydrogen-bond donors (Lipinski definition) is 0. The molecule has 0 spiro atoms. The molecule has 1 saturated heterocycles. The smallest absolute Gasteiger partial charge is 0.294 e. The molecule has 2 aromatic carbocycles. The number of hydrogen-bond acceptors (Lipinski definition) is 7. The monoisotopic (exact) mass is 458 g/mol. The maximum atomic E-state index is 13.0. The third-order valence-electron chi connectivity index (χ3n) is 4.99. The fraction of sp³-hybridized carbons (Fsp3) is 0.238. The molecule has 31 heavy (non-hydrogen) atoms. The molecule has 0 saturated carbocycles. The Kier molecular flexibility index (Phi) is 6.34. The van der Waals surface area contributed by atoms with Crippen molar-refractivity contribution in [1.82, 2.24) is 9.88 Å². The molecule has 0 bridgehead atoms. The molecule has 1 fully saturated rings. The molecule has 8 nitrogen and oxygen atoms in total. The minimum Gasteiger partial charge on any atom is -0.487 e. The molecule has 10 heteroatoms. The molecular weight excluding hydrogens is 440 g/mol. The molecule has 1 aromatic heterocycles. The van der Waals surface area contributed by atoms with Gasteiger partial charge in [0.2, 0.25) is 0 Å². The number of carbonyl (C=O) groups is 1. The van der Waals surface area contributed by atoms with Gasteiger partial charge in [-0.2, -0.15) is 0 Å². The molecule has 160 valence electrons. The van der Waals surface area contributed by atoms with E-state index < -0.39 is 4.92 Å². The topological polar surface area (TPSA) is 88.8 Å². The van der Waals surface area contributed by atoms with E-state index in [0.717, 1.165) is 5.69 Å². The lowest BCUT2D eigenvalue weighted by Crippen LogP contribution is -2.49. The van der Waals surface area contributed by atoms with Crippen molar-refractivity contribution in [2.45, 2.75) is 6.61 Å². The highest BCUT2D eigenvalue weighted by Crippen LogP contribution is 2.31. The van der Waals surface area contributed by atoms with Crippen LogP contribution >= 0.6 is 22.9 Å². The highest BCUT2D eigenvalue weighted by atomic mass is 35.5. The number of benzene rings is 2. The number of carbonyl (C=O) groups excluding carboxylic acids is 1. The van der Waals surface area contributed by atoms with Crippen LogP contribution in [-0.4, -0.2) is 46.9 Å². The van der Waals surface area contributed by atoms with Crippen molar-refractivity contribution in [3.05, 3.63) is 79.7 Å². The van der Waals surface area contributed by atoms with Gasteiger partial charge < -0.3 is 14.5 Å². The van der Waals surface area contributed by atoms with E-state index in [-0.39, 0.29) is 11.6 Å². The van der Waals surface area contributed by atoms with E-state index in [1.807, 2.05) is 10.3 Å². The molecule has 1 aliphatic heterocycles. The van der Waals surface area contributed by atoms with Crippen LogP contribution in [0.25, 0.3) is 0 Å². The second-order valence-corrected chi connectivity index (χ2v) is 8.12. The number of halogens is 1. The van der Waals surface area contributed by atoms with Crippen LogP contribution in [0, 0.1) is 10.1 Å². The van der Waals surface area contributed by atoms with Crippen molar-refractivity contribution in [3.8, 4) is 5.75 Å². The zero-order valence-electron chi connectivity index (χ0n) is 16.4. The lowest BCUT2D eigenvalue weighted by molar-refractivity contribution is -0.384. The Morgan fingerprint density at radius 1 is 1.19 bits per heavy atom. The van der Waals surface area contributed by atoms with E-state index in [1.165, 1.54) is 17.4 Å². The van der Waals surface area contributed by atoms with Gasteiger partial charge in [0.1, 0.15) is 18.0 Å². The van der Waals surface area contributed by atoms with Crippen molar-refractivity contribution < 1.29 is 14.5 Å². The number of piperazine rings is 1. The van der Waals surface area contributed by atoms with Crippen LogP contribution in [0.3, 0.4) is 0 Å². The summed E-state index contributed by atoms with van der Waals surface area (Å²) < 4.78 is 5.74. The number of nitro benzene ring substituents is 1. The standard InChI is InChI=1S/C21H19ClN4O4S/c22-16-4-5-19(20(11-16)26(28)29)24-6-8-25(9-7-24)21(27)15-2-1-3-18(10-15)30-12-17-13-31-14-23-17/h1-5,10-11,13-14H,6-9,12H2. The molecule has 2 heterocycles. The summed E-state index contributed by atoms with van der Waals surface area (Å²) in [5.41, 5.74) is 3.61. The van der Waals surface area contributed by atoms with Gasteiger partial charge >= 0.3 is 0 Å². The van der Waals surface area contributed by atoms with E-state index in [0.29, 0.717) is 54.8 Å². The number of anilines is 1. The van der Waals surface area contributed by atoms with Crippen LogP contribution < -0.4 is 9.64 Å². The van der Waals surface area contributed by atoms with Crippen LogP contribution in [0.2, 0.25) is 5.02 Å². The minimum absolute atomic E-state index is 0.0303. The van der Waals surface area contributed by atoms with Crippen LogP contribution in [0.4, 0.5) is 11.4 Å². The fourth-order valence-electron chi connectivity index (χ4n) is 3.43. The van der Waals surface area contributed by atoms with Crippen LogP contribution in [-0.2, 0) is 6.61 Å². The van der Waals surface area contributed by atoms with Gasteiger partial charge in [0.05, 0.1) is 16.1 Å². The second-order valence-electron chi connectivity index (χ2n) is 6.97. The zero-order chi connectivity index (χ0) is 21.8. The second kappa shape index (κ2) is 9.32. The molecule has 1 aliphatic rings. The lowest BCUT2D eigenvalue weighted by Gasteiger charge is -2.35. The SMILES string of the molecule is O=C(c1cccc(OCc2cscn2)c1)N1CCN(c2ccc(Cl)cc2[N+](=O)[O-])CC1. The number of ether oxygens (including phenoxy) is 1. The number of rotatable bonds is 6. The Morgan fingerprint density at radius 2 is 2.00 bits per heavy atom. The van der Waals surface area contributed by atoms with Crippen LogP contribution in [0.15, 0.2) is 53.4 Å². The maximum Gasteiger partial charge on any atom is 0.294 e. The minimum atomic E-state index is -0.435. The van der Waals surface area contributed by atoms with Gasteiger partial charge in [-0.15, -0.1) is 11.3 Å². The van der Waals surface area contributed by atoms with Crippen molar-refractivity contribution >= 4 is 40.2 Å². The van der Waals surface area contributed by atoms with Gasteiger partial charge in [-0.05, 0) is 30.3 Å². The number of thiazole rings is 1.